The Morgan fingerprint density at radius 2 is 0.333 bits per heavy atom. The second-order valence-electron chi connectivity index (χ2n) is 14.0. The number of phenolic OH excluding ortho intramolecular Hbond substituents is 4. The number of phenols is 4. The molecule has 8 aromatic carbocycles. The molecule has 360 valence electrons. The van der Waals surface area contributed by atoms with Crippen molar-refractivity contribution in [2.45, 2.75) is 0 Å². The van der Waals surface area contributed by atoms with Crippen LogP contribution in [0.3, 0.4) is 0 Å². The highest BCUT2D eigenvalue weighted by Crippen LogP contribution is 2.26. The molecule has 4 N–H and O–H groups in total. The number of azo groups is 4. The highest BCUT2D eigenvalue weighted by molar-refractivity contribution is 5.49. The third-order valence-corrected chi connectivity index (χ3v) is 8.76. The lowest BCUT2D eigenvalue weighted by molar-refractivity contribution is -0.385. The first-order valence-electron chi connectivity index (χ1n) is 20.4. The van der Waals surface area contributed by atoms with Gasteiger partial charge in [-0.15, -0.1) is 0 Å². The number of benzene rings is 8. The number of aromatic hydroxyl groups is 4. The summed E-state index contributed by atoms with van der Waals surface area (Å²) in [4.78, 5) is 39.9. The number of hydrogen-bond acceptors (Lipinski definition) is 20. The molecule has 0 aromatic heterocycles. The Kier molecular flexibility index (Phi) is 19.0. The minimum absolute atomic E-state index is 0.0126. The Labute approximate surface area is 405 Å². The first kappa shape index (κ1) is 51.9. The number of rotatable bonds is 12. The van der Waals surface area contributed by atoms with Crippen molar-refractivity contribution in [2.75, 3.05) is 0 Å². The second-order valence-corrected chi connectivity index (χ2v) is 14.0. The molecule has 0 bridgehead atoms. The summed E-state index contributed by atoms with van der Waals surface area (Å²) in [5.41, 5.74) is 4.49. The van der Waals surface area contributed by atoms with Gasteiger partial charge in [0.1, 0.15) is 23.0 Å². The summed E-state index contributed by atoms with van der Waals surface area (Å²) in [7, 11) is 0. The van der Waals surface area contributed by atoms with Gasteiger partial charge in [-0.2, -0.15) is 40.9 Å². The normalized spacial score (nSPS) is 10.7. The molecule has 24 nitrogen and oxygen atoms in total. The van der Waals surface area contributed by atoms with Crippen LogP contribution in [-0.4, -0.2) is 40.1 Å². The quantitative estimate of drug-likeness (QED) is 0.0504. The summed E-state index contributed by atoms with van der Waals surface area (Å²) < 4.78 is 0. The molecule has 72 heavy (non-hydrogen) atoms. The number of non-ortho nitro benzene ring substituents is 4. The van der Waals surface area contributed by atoms with Crippen LogP contribution in [0.1, 0.15) is 0 Å². The highest BCUT2D eigenvalue weighted by atomic mass is 16.6. The van der Waals surface area contributed by atoms with E-state index >= 15 is 0 Å². The van der Waals surface area contributed by atoms with E-state index in [2.05, 4.69) is 40.9 Å². The Morgan fingerprint density at radius 3 is 0.444 bits per heavy atom. The summed E-state index contributed by atoms with van der Waals surface area (Å²) in [5.74, 6) is 0.627. The smallest absolute Gasteiger partial charge is 0.269 e. The van der Waals surface area contributed by atoms with Crippen LogP contribution in [0.25, 0.3) is 0 Å². The lowest BCUT2D eigenvalue weighted by atomic mass is 10.3. The molecule has 0 fully saturated rings. The van der Waals surface area contributed by atoms with Gasteiger partial charge in [0.05, 0.1) is 65.2 Å². The fourth-order valence-electron chi connectivity index (χ4n) is 5.10. The molecule has 8 aromatic rings. The zero-order chi connectivity index (χ0) is 51.8. The first-order chi connectivity index (χ1) is 34.6. The van der Waals surface area contributed by atoms with Crippen molar-refractivity contribution in [2.24, 2.45) is 40.9 Å². The maximum atomic E-state index is 10.5. The van der Waals surface area contributed by atoms with Gasteiger partial charge < -0.3 is 20.4 Å². The van der Waals surface area contributed by atoms with Crippen molar-refractivity contribution >= 4 is 68.2 Å². The van der Waals surface area contributed by atoms with Gasteiger partial charge in [0.15, 0.2) is 0 Å². The maximum absolute atomic E-state index is 10.5. The van der Waals surface area contributed by atoms with Gasteiger partial charge in [0, 0.05) is 48.5 Å². The van der Waals surface area contributed by atoms with E-state index in [1.165, 1.54) is 146 Å². The van der Waals surface area contributed by atoms with Gasteiger partial charge in [-0.3, -0.25) is 40.5 Å². The van der Waals surface area contributed by atoms with Gasteiger partial charge >= 0.3 is 0 Å². The molecule has 0 aliphatic heterocycles. The average Bonchev–Trinajstić information content (AvgIpc) is 3.39. The lowest BCUT2D eigenvalue weighted by Crippen LogP contribution is -1.85. The van der Waals surface area contributed by atoms with Crippen LogP contribution in [0.5, 0.6) is 23.0 Å². The largest absolute Gasteiger partial charge is 0.508 e. The average molecular weight is 973 g/mol. The number of nitro groups is 4. The van der Waals surface area contributed by atoms with Crippen molar-refractivity contribution in [1.29, 1.82) is 0 Å². The third kappa shape index (κ3) is 18.0. The number of hydrogen-bond donors (Lipinski definition) is 4. The fourth-order valence-corrected chi connectivity index (χ4v) is 5.10. The van der Waals surface area contributed by atoms with Crippen LogP contribution in [-0.2, 0) is 0 Å². The molecular formula is C48H36N12O12. The van der Waals surface area contributed by atoms with Crippen LogP contribution in [0.2, 0.25) is 0 Å². The molecule has 0 saturated carbocycles. The highest BCUT2D eigenvalue weighted by Gasteiger charge is 2.06. The SMILES string of the molecule is O=[N+]([O-])c1ccc(N=Nc2ccc(O)cc2)cc1.O=[N+]([O-])c1ccc(N=Nc2ccc(O)cc2)cc1.O=[N+]([O-])c1ccc(N=Nc2ccc(O)cc2)cc1.O=[N+]([O-])c1ccc(N=Nc2ccc(O)cc2)cc1. The number of nitrogens with zero attached hydrogens (tertiary/aromatic N) is 12. The molecule has 0 heterocycles. The van der Waals surface area contributed by atoms with Gasteiger partial charge in [-0.05, 0) is 146 Å². The molecule has 0 spiro atoms. The van der Waals surface area contributed by atoms with E-state index in [0.29, 0.717) is 45.5 Å². The second kappa shape index (κ2) is 26.3. The van der Waals surface area contributed by atoms with Crippen molar-refractivity contribution < 1.29 is 40.1 Å². The van der Waals surface area contributed by atoms with Crippen molar-refractivity contribution in [3.05, 3.63) is 235 Å². The standard InChI is InChI=1S/4C12H9N3O3/c4*16-12-7-3-10(4-8-12)14-13-9-1-5-11(6-2-9)15(17)18/h4*1-8,16H. The Bertz CT molecular complexity index is 2740. The minimum atomic E-state index is -0.471. The van der Waals surface area contributed by atoms with E-state index in [0.717, 1.165) is 0 Å². The molecule has 0 radical (unpaired) electrons. The molecule has 8 rings (SSSR count). The molecular weight excluding hydrogens is 937 g/mol. The molecule has 0 unspecified atom stereocenters. The molecule has 0 saturated heterocycles. The lowest BCUT2D eigenvalue weighted by Gasteiger charge is -1.94. The molecule has 0 atom stereocenters. The van der Waals surface area contributed by atoms with Crippen LogP contribution >= 0.6 is 0 Å². The Balaban J connectivity index is 0.000000178. The Morgan fingerprint density at radius 1 is 0.222 bits per heavy atom. The summed E-state index contributed by atoms with van der Waals surface area (Å²) in [5, 5.41) is 110. The number of nitro benzene ring substituents is 4. The summed E-state index contributed by atoms with van der Waals surface area (Å²) in [6, 6.07) is 48.0. The minimum Gasteiger partial charge on any atom is -0.508 e. The van der Waals surface area contributed by atoms with Crippen molar-refractivity contribution in [3.63, 3.8) is 0 Å². The molecule has 24 heteroatoms. The van der Waals surface area contributed by atoms with Gasteiger partial charge in [-0.25, -0.2) is 0 Å². The summed E-state index contributed by atoms with van der Waals surface area (Å²) in [6.45, 7) is 0. The van der Waals surface area contributed by atoms with Gasteiger partial charge in [-0.1, -0.05) is 0 Å². The van der Waals surface area contributed by atoms with Crippen LogP contribution in [0, 0.1) is 40.5 Å². The van der Waals surface area contributed by atoms with E-state index in [1.54, 1.807) is 48.5 Å². The van der Waals surface area contributed by atoms with E-state index in [4.69, 9.17) is 20.4 Å². The van der Waals surface area contributed by atoms with Gasteiger partial charge in [0.25, 0.3) is 22.7 Å². The predicted octanol–water partition coefficient (Wildman–Crippen LogP) is 14.9. The first-order valence-corrected chi connectivity index (χ1v) is 20.4. The van der Waals surface area contributed by atoms with Crippen LogP contribution in [0.4, 0.5) is 68.2 Å². The topological polar surface area (TPSA) is 352 Å². The van der Waals surface area contributed by atoms with Crippen molar-refractivity contribution in [3.8, 4) is 23.0 Å². The zero-order valence-corrected chi connectivity index (χ0v) is 36.9. The van der Waals surface area contributed by atoms with E-state index in [1.807, 2.05) is 0 Å². The van der Waals surface area contributed by atoms with E-state index < -0.39 is 19.7 Å². The van der Waals surface area contributed by atoms with Gasteiger partial charge in [0.2, 0.25) is 0 Å². The van der Waals surface area contributed by atoms with Crippen LogP contribution < -0.4 is 0 Å². The Hall–Kier alpha value is -11.0. The van der Waals surface area contributed by atoms with E-state index in [-0.39, 0.29) is 45.7 Å². The van der Waals surface area contributed by atoms with Crippen molar-refractivity contribution in [1.82, 2.24) is 0 Å². The predicted molar refractivity (Wildman–Crippen MR) is 262 cm³/mol. The zero-order valence-electron chi connectivity index (χ0n) is 36.9. The summed E-state index contributed by atoms with van der Waals surface area (Å²) in [6.07, 6.45) is 0. The maximum Gasteiger partial charge on any atom is 0.269 e. The van der Waals surface area contributed by atoms with E-state index in [9.17, 15) is 40.5 Å². The monoisotopic (exact) mass is 972 g/mol. The molecule has 0 amide bonds. The fraction of sp³-hybridized carbons (Fsp3) is 0. The third-order valence-electron chi connectivity index (χ3n) is 8.76. The summed E-state index contributed by atoms with van der Waals surface area (Å²) >= 11 is 0. The van der Waals surface area contributed by atoms with Crippen LogP contribution in [0.15, 0.2) is 235 Å². The molecule has 0 aliphatic carbocycles. The molecule has 0 aliphatic rings.